The first-order chi connectivity index (χ1) is 5.27. The Hall–Kier alpha value is 0.310. The van der Waals surface area contributed by atoms with E-state index in [1.165, 1.54) is 31.6 Å². The predicted octanol–water partition coefficient (Wildman–Crippen LogP) is 2.52. The Kier molecular flexibility index (Phi) is 8.64. The molecule has 0 spiro atoms. The summed E-state index contributed by atoms with van der Waals surface area (Å²) >= 11 is 1.95. The second-order valence-electron chi connectivity index (χ2n) is 3.16. The first kappa shape index (κ1) is 11.3. The summed E-state index contributed by atoms with van der Waals surface area (Å²) in [5, 5.41) is 3.42. The lowest BCUT2D eigenvalue weighted by molar-refractivity contribution is 0.555. The van der Waals surface area contributed by atoms with Crippen molar-refractivity contribution in [3.63, 3.8) is 0 Å². The van der Waals surface area contributed by atoms with Gasteiger partial charge in [-0.05, 0) is 31.4 Å². The van der Waals surface area contributed by atoms with Gasteiger partial charge in [0.2, 0.25) is 0 Å². The Labute approximate surface area is 75.3 Å². The van der Waals surface area contributed by atoms with Crippen LogP contribution < -0.4 is 5.32 Å². The molecule has 0 unspecified atom stereocenters. The number of hydrogen-bond donors (Lipinski definition) is 1. The van der Waals surface area contributed by atoms with Gasteiger partial charge in [0.05, 0.1) is 0 Å². The molecule has 0 saturated heterocycles. The molecular formula is C9H21NS. The highest BCUT2D eigenvalue weighted by Crippen LogP contribution is 2.01. The topological polar surface area (TPSA) is 12.0 Å². The standard InChI is InChI=1S/C9H21NS/c1-9(2)10-7-5-4-6-8-11-3/h9-10H,4-8H2,1-3H3. The molecule has 0 heterocycles. The molecule has 0 aliphatic rings. The molecule has 0 aromatic rings. The quantitative estimate of drug-likeness (QED) is 0.597. The molecule has 0 aliphatic heterocycles. The molecule has 1 nitrogen and oxygen atoms in total. The highest BCUT2D eigenvalue weighted by Gasteiger charge is 1.91. The van der Waals surface area contributed by atoms with E-state index in [1.54, 1.807) is 0 Å². The van der Waals surface area contributed by atoms with E-state index in [0.29, 0.717) is 6.04 Å². The minimum Gasteiger partial charge on any atom is -0.315 e. The van der Waals surface area contributed by atoms with Crippen LogP contribution in [0, 0.1) is 0 Å². The Morgan fingerprint density at radius 3 is 2.45 bits per heavy atom. The van der Waals surface area contributed by atoms with E-state index < -0.39 is 0 Å². The Balaban J connectivity index is 2.80. The fraction of sp³-hybridized carbons (Fsp3) is 1.00. The van der Waals surface area contributed by atoms with Crippen LogP contribution in [0.25, 0.3) is 0 Å². The van der Waals surface area contributed by atoms with Gasteiger partial charge in [0.1, 0.15) is 0 Å². The highest BCUT2D eigenvalue weighted by atomic mass is 32.2. The lowest BCUT2D eigenvalue weighted by Crippen LogP contribution is -2.23. The van der Waals surface area contributed by atoms with E-state index in [4.69, 9.17) is 0 Å². The number of nitrogens with one attached hydrogen (secondary N) is 1. The second kappa shape index (κ2) is 8.41. The minimum atomic E-state index is 0.649. The van der Waals surface area contributed by atoms with E-state index in [2.05, 4.69) is 25.4 Å². The van der Waals surface area contributed by atoms with Crippen LogP contribution in [-0.2, 0) is 0 Å². The van der Waals surface area contributed by atoms with Crippen LogP contribution in [-0.4, -0.2) is 24.6 Å². The van der Waals surface area contributed by atoms with Crippen molar-refractivity contribution in [1.82, 2.24) is 5.32 Å². The largest absolute Gasteiger partial charge is 0.315 e. The summed E-state index contributed by atoms with van der Waals surface area (Å²) in [6, 6.07) is 0.649. The molecule has 0 fully saturated rings. The molecule has 0 amide bonds. The molecule has 0 aromatic carbocycles. The number of rotatable bonds is 7. The summed E-state index contributed by atoms with van der Waals surface area (Å²) in [6.07, 6.45) is 6.26. The maximum atomic E-state index is 3.42. The van der Waals surface area contributed by atoms with Crippen molar-refractivity contribution in [3.05, 3.63) is 0 Å². The highest BCUT2D eigenvalue weighted by molar-refractivity contribution is 7.98. The average molecular weight is 175 g/mol. The van der Waals surface area contributed by atoms with Crippen molar-refractivity contribution < 1.29 is 0 Å². The van der Waals surface area contributed by atoms with Crippen LogP contribution in [0.4, 0.5) is 0 Å². The Bertz CT molecular complexity index is 74.0. The maximum absolute atomic E-state index is 3.42. The third kappa shape index (κ3) is 10.3. The van der Waals surface area contributed by atoms with Crippen LogP contribution in [0.1, 0.15) is 33.1 Å². The number of thioether (sulfide) groups is 1. The molecule has 0 rings (SSSR count). The average Bonchev–Trinajstić information content (AvgIpc) is 1.96. The van der Waals surface area contributed by atoms with Crippen molar-refractivity contribution >= 4 is 11.8 Å². The molecule has 0 aliphatic carbocycles. The zero-order valence-electron chi connectivity index (χ0n) is 8.02. The summed E-state index contributed by atoms with van der Waals surface area (Å²) in [7, 11) is 0. The lowest BCUT2D eigenvalue weighted by Gasteiger charge is -2.06. The van der Waals surface area contributed by atoms with Gasteiger partial charge >= 0.3 is 0 Å². The number of hydrogen-bond acceptors (Lipinski definition) is 2. The van der Waals surface area contributed by atoms with E-state index in [9.17, 15) is 0 Å². The van der Waals surface area contributed by atoms with E-state index >= 15 is 0 Å². The van der Waals surface area contributed by atoms with Crippen molar-refractivity contribution in [3.8, 4) is 0 Å². The molecule has 0 atom stereocenters. The van der Waals surface area contributed by atoms with Gasteiger partial charge in [-0.25, -0.2) is 0 Å². The van der Waals surface area contributed by atoms with Gasteiger partial charge in [-0.15, -0.1) is 0 Å². The van der Waals surface area contributed by atoms with Gasteiger partial charge in [0.25, 0.3) is 0 Å². The molecule has 0 radical (unpaired) electrons. The zero-order chi connectivity index (χ0) is 8.53. The van der Waals surface area contributed by atoms with Gasteiger partial charge in [-0.2, -0.15) is 11.8 Å². The first-order valence-electron chi connectivity index (χ1n) is 4.49. The fourth-order valence-corrected chi connectivity index (χ4v) is 1.43. The first-order valence-corrected chi connectivity index (χ1v) is 5.89. The van der Waals surface area contributed by atoms with Crippen molar-refractivity contribution in [2.75, 3.05) is 18.6 Å². The van der Waals surface area contributed by atoms with Gasteiger partial charge < -0.3 is 5.32 Å². The second-order valence-corrected chi connectivity index (χ2v) is 4.15. The molecule has 1 N–H and O–H groups in total. The van der Waals surface area contributed by atoms with Crippen LogP contribution in [0.5, 0.6) is 0 Å². The summed E-state index contributed by atoms with van der Waals surface area (Å²) in [4.78, 5) is 0. The Morgan fingerprint density at radius 1 is 1.18 bits per heavy atom. The van der Waals surface area contributed by atoms with Crippen LogP contribution in [0.15, 0.2) is 0 Å². The Morgan fingerprint density at radius 2 is 1.91 bits per heavy atom. The molecule has 68 valence electrons. The van der Waals surface area contributed by atoms with E-state index in [1.807, 2.05) is 11.8 Å². The third-order valence-electron chi connectivity index (χ3n) is 1.58. The monoisotopic (exact) mass is 175 g/mol. The van der Waals surface area contributed by atoms with Gasteiger partial charge in [-0.3, -0.25) is 0 Å². The van der Waals surface area contributed by atoms with Crippen molar-refractivity contribution in [2.45, 2.75) is 39.2 Å². The van der Waals surface area contributed by atoms with Crippen LogP contribution in [0.3, 0.4) is 0 Å². The SMILES string of the molecule is CSCCCCCNC(C)C. The molecule has 11 heavy (non-hydrogen) atoms. The smallest absolute Gasteiger partial charge is 0.00103 e. The minimum absolute atomic E-state index is 0.649. The summed E-state index contributed by atoms with van der Waals surface area (Å²) in [5.41, 5.74) is 0. The summed E-state index contributed by atoms with van der Waals surface area (Å²) in [6.45, 7) is 5.58. The van der Waals surface area contributed by atoms with Crippen molar-refractivity contribution in [2.24, 2.45) is 0 Å². The molecule has 0 bridgehead atoms. The predicted molar refractivity (Wildman–Crippen MR) is 55.4 cm³/mol. The van der Waals surface area contributed by atoms with Gasteiger partial charge in [0, 0.05) is 6.04 Å². The lowest BCUT2D eigenvalue weighted by atomic mass is 10.2. The normalized spacial score (nSPS) is 10.9. The molecule has 0 aromatic heterocycles. The van der Waals surface area contributed by atoms with Gasteiger partial charge in [-0.1, -0.05) is 20.3 Å². The third-order valence-corrected chi connectivity index (χ3v) is 2.27. The van der Waals surface area contributed by atoms with Crippen LogP contribution in [0.2, 0.25) is 0 Å². The zero-order valence-corrected chi connectivity index (χ0v) is 8.84. The fourth-order valence-electron chi connectivity index (χ4n) is 0.939. The molecular weight excluding hydrogens is 154 g/mol. The summed E-state index contributed by atoms with van der Waals surface area (Å²) in [5.74, 6) is 1.32. The van der Waals surface area contributed by atoms with Gasteiger partial charge in [0.15, 0.2) is 0 Å². The maximum Gasteiger partial charge on any atom is 0.00103 e. The van der Waals surface area contributed by atoms with E-state index in [0.717, 1.165) is 0 Å². The van der Waals surface area contributed by atoms with Crippen LogP contribution >= 0.6 is 11.8 Å². The van der Waals surface area contributed by atoms with E-state index in [-0.39, 0.29) is 0 Å². The van der Waals surface area contributed by atoms with Crippen molar-refractivity contribution in [1.29, 1.82) is 0 Å². The molecule has 2 heteroatoms. The molecule has 0 saturated carbocycles. The number of unbranched alkanes of at least 4 members (excludes halogenated alkanes) is 2. The summed E-state index contributed by atoms with van der Waals surface area (Å²) < 4.78 is 0.